The van der Waals surface area contributed by atoms with Crippen LogP contribution in [0.1, 0.15) is 39.1 Å². The quantitative estimate of drug-likeness (QED) is 0.631. The number of nitrogens with one attached hydrogen (secondary N) is 1. The van der Waals surface area contributed by atoms with Crippen LogP contribution in [0.4, 0.5) is 4.39 Å². The molecule has 1 fully saturated rings. The molecule has 3 rings (SSSR count). The highest BCUT2D eigenvalue weighted by molar-refractivity contribution is 6.05. The maximum absolute atomic E-state index is 13.9. The van der Waals surface area contributed by atoms with Gasteiger partial charge >= 0.3 is 0 Å². The average Bonchev–Trinajstić information content (AvgIpc) is 2.76. The zero-order valence-corrected chi connectivity index (χ0v) is 10.9. The first kappa shape index (κ1) is 13.4. The van der Waals surface area contributed by atoms with Crippen molar-refractivity contribution in [2.75, 3.05) is 0 Å². The Morgan fingerprint density at radius 3 is 2.71 bits per heavy atom. The molecule has 0 aliphatic carbocycles. The lowest BCUT2D eigenvalue weighted by atomic mass is 10.0. The third kappa shape index (κ3) is 2.10. The van der Waals surface area contributed by atoms with Crippen LogP contribution in [0, 0.1) is 5.82 Å². The maximum Gasteiger partial charge on any atom is 0.258 e. The molecule has 0 saturated carbocycles. The minimum absolute atomic E-state index is 0.0546. The van der Waals surface area contributed by atoms with Crippen molar-refractivity contribution in [1.82, 2.24) is 10.2 Å². The number of amides is 3. The Morgan fingerprint density at radius 2 is 2.05 bits per heavy atom. The second kappa shape index (κ2) is 4.76. The van der Waals surface area contributed by atoms with Crippen LogP contribution in [0.5, 0.6) is 0 Å². The number of halogens is 1. The molecule has 6 nitrogen and oxygen atoms in total. The van der Waals surface area contributed by atoms with Gasteiger partial charge in [0.2, 0.25) is 11.8 Å². The number of carbonyl (C=O) groups excluding carboxylic acids is 4. The van der Waals surface area contributed by atoms with Gasteiger partial charge in [-0.25, -0.2) is 4.39 Å². The highest BCUT2D eigenvalue weighted by Gasteiger charge is 2.40. The van der Waals surface area contributed by atoms with Crippen LogP contribution < -0.4 is 5.32 Å². The van der Waals surface area contributed by atoms with E-state index in [1.807, 2.05) is 0 Å². The van der Waals surface area contributed by atoms with Gasteiger partial charge in [-0.2, -0.15) is 0 Å². The lowest BCUT2D eigenvalue weighted by Crippen LogP contribution is -2.52. The Labute approximate surface area is 118 Å². The highest BCUT2D eigenvalue weighted by Crippen LogP contribution is 2.29. The first-order chi connectivity index (χ1) is 10.0. The number of aldehydes is 1. The van der Waals surface area contributed by atoms with E-state index in [1.54, 1.807) is 0 Å². The lowest BCUT2D eigenvalue weighted by molar-refractivity contribution is -0.136. The van der Waals surface area contributed by atoms with Crippen LogP contribution in [0.15, 0.2) is 12.1 Å². The van der Waals surface area contributed by atoms with E-state index in [0.717, 1.165) is 6.07 Å². The van der Waals surface area contributed by atoms with E-state index in [4.69, 9.17) is 0 Å². The van der Waals surface area contributed by atoms with Crippen LogP contribution in [0.3, 0.4) is 0 Å². The van der Waals surface area contributed by atoms with Crippen LogP contribution in [0.2, 0.25) is 0 Å². The molecule has 108 valence electrons. The minimum Gasteiger partial charge on any atom is -0.322 e. The number of benzene rings is 1. The van der Waals surface area contributed by atoms with E-state index in [0.29, 0.717) is 11.8 Å². The van der Waals surface area contributed by atoms with E-state index in [-0.39, 0.29) is 36.4 Å². The van der Waals surface area contributed by atoms with E-state index in [9.17, 15) is 23.6 Å². The SMILES string of the molecule is O=Cc1cc(F)c2c(c1)CN(C1CCC(=O)NC1=O)C2=O. The Hall–Kier alpha value is -2.57. The van der Waals surface area contributed by atoms with Crippen molar-refractivity contribution in [1.29, 1.82) is 0 Å². The average molecular weight is 290 g/mol. The second-order valence-corrected chi connectivity index (χ2v) is 5.05. The Kier molecular flexibility index (Phi) is 3.04. The van der Waals surface area contributed by atoms with Gasteiger partial charge in [0.05, 0.1) is 5.56 Å². The van der Waals surface area contributed by atoms with Crippen molar-refractivity contribution in [3.8, 4) is 0 Å². The number of hydrogen-bond donors (Lipinski definition) is 1. The molecule has 2 aliphatic heterocycles. The summed E-state index contributed by atoms with van der Waals surface area (Å²) in [6.07, 6.45) is 0.855. The first-order valence-corrected chi connectivity index (χ1v) is 6.43. The molecule has 2 heterocycles. The molecule has 3 amide bonds. The van der Waals surface area contributed by atoms with Gasteiger partial charge in [0, 0.05) is 18.5 Å². The van der Waals surface area contributed by atoms with Gasteiger partial charge in [-0.05, 0) is 24.1 Å². The lowest BCUT2D eigenvalue weighted by Gasteiger charge is -2.29. The molecule has 0 spiro atoms. The van der Waals surface area contributed by atoms with Crippen molar-refractivity contribution >= 4 is 24.0 Å². The van der Waals surface area contributed by atoms with Gasteiger partial charge < -0.3 is 4.90 Å². The maximum atomic E-state index is 13.9. The molecular weight excluding hydrogens is 279 g/mol. The summed E-state index contributed by atoms with van der Waals surface area (Å²) in [5.41, 5.74) is 0.418. The van der Waals surface area contributed by atoms with Gasteiger partial charge in [0.25, 0.3) is 5.91 Å². The number of rotatable bonds is 2. The van der Waals surface area contributed by atoms with E-state index in [1.165, 1.54) is 11.0 Å². The minimum atomic E-state index is -0.790. The summed E-state index contributed by atoms with van der Waals surface area (Å²) >= 11 is 0. The Morgan fingerprint density at radius 1 is 1.29 bits per heavy atom. The molecule has 1 saturated heterocycles. The van der Waals surface area contributed by atoms with Crippen LogP contribution in [-0.2, 0) is 16.1 Å². The Balaban J connectivity index is 1.93. The van der Waals surface area contributed by atoms with Crippen molar-refractivity contribution in [3.63, 3.8) is 0 Å². The number of fused-ring (bicyclic) bond motifs is 1. The molecule has 1 aromatic carbocycles. The van der Waals surface area contributed by atoms with Crippen LogP contribution in [-0.4, -0.2) is 34.9 Å². The van der Waals surface area contributed by atoms with Gasteiger partial charge in [-0.3, -0.25) is 24.5 Å². The number of piperidine rings is 1. The monoisotopic (exact) mass is 290 g/mol. The van der Waals surface area contributed by atoms with E-state index < -0.39 is 23.7 Å². The Bertz CT molecular complexity index is 686. The number of imide groups is 1. The normalized spacial score (nSPS) is 21.3. The standard InChI is InChI=1S/C14H11FN2O4/c15-9-4-7(6-18)3-8-5-17(14(21)12(8)9)10-1-2-11(19)16-13(10)20/h3-4,6,10H,1-2,5H2,(H,16,19,20). The predicted octanol–water partition coefficient (Wildman–Crippen LogP) is 0.399. The van der Waals surface area contributed by atoms with Gasteiger partial charge in [-0.15, -0.1) is 0 Å². The van der Waals surface area contributed by atoms with Gasteiger partial charge in [-0.1, -0.05) is 0 Å². The van der Waals surface area contributed by atoms with E-state index >= 15 is 0 Å². The predicted molar refractivity (Wildman–Crippen MR) is 67.8 cm³/mol. The van der Waals surface area contributed by atoms with Gasteiger partial charge in [0.15, 0.2) is 0 Å². The summed E-state index contributed by atoms with van der Waals surface area (Å²) in [4.78, 5) is 47.2. The van der Waals surface area contributed by atoms with Gasteiger partial charge in [0.1, 0.15) is 18.1 Å². The number of carbonyl (C=O) groups is 4. The molecule has 1 aromatic rings. The molecule has 1 atom stereocenters. The van der Waals surface area contributed by atoms with Crippen molar-refractivity contribution in [2.45, 2.75) is 25.4 Å². The number of hydrogen-bond acceptors (Lipinski definition) is 4. The number of nitrogens with zero attached hydrogens (tertiary/aromatic N) is 1. The molecule has 1 N–H and O–H groups in total. The van der Waals surface area contributed by atoms with Crippen molar-refractivity contribution < 1.29 is 23.6 Å². The topological polar surface area (TPSA) is 83.6 Å². The molecular formula is C14H11FN2O4. The van der Waals surface area contributed by atoms with Crippen molar-refractivity contribution in [2.24, 2.45) is 0 Å². The highest BCUT2D eigenvalue weighted by atomic mass is 19.1. The fourth-order valence-corrected chi connectivity index (χ4v) is 2.75. The summed E-state index contributed by atoms with van der Waals surface area (Å²) in [5.74, 6) is -2.29. The fourth-order valence-electron chi connectivity index (χ4n) is 2.75. The smallest absolute Gasteiger partial charge is 0.258 e. The molecule has 21 heavy (non-hydrogen) atoms. The summed E-state index contributed by atoms with van der Waals surface area (Å²) < 4.78 is 13.9. The molecule has 0 aromatic heterocycles. The third-order valence-electron chi connectivity index (χ3n) is 3.73. The zero-order chi connectivity index (χ0) is 15.1. The molecule has 2 aliphatic rings. The second-order valence-electron chi connectivity index (χ2n) is 5.05. The molecule has 0 radical (unpaired) electrons. The zero-order valence-electron chi connectivity index (χ0n) is 10.9. The third-order valence-corrected chi connectivity index (χ3v) is 3.73. The summed E-state index contributed by atoms with van der Waals surface area (Å²) in [5, 5.41) is 2.17. The van der Waals surface area contributed by atoms with Crippen LogP contribution >= 0.6 is 0 Å². The van der Waals surface area contributed by atoms with Crippen LogP contribution in [0.25, 0.3) is 0 Å². The summed E-state index contributed by atoms with van der Waals surface area (Å²) in [6.45, 7) is 0.0546. The molecule has 7 heteroatoms. The largest absolute Gasteiger partial charge is 0.322 e. The summed E-state index contributed by atoms with van der Waals surface area (Å²) in [7, 11) is 0. The molecule has 0 bridgehead atoms. The van der Waals surface area contributed by atoms with E-state index in [2.05, 4.69) is 5.32 Å². The summed E-state index contributed by atoms with van der Waals surface area (Å²) in [6, 6.07) is 1.65. The van der Waals surface area contributed by atoms with Crippen molar-refractivity contribution in [3.05, 3.63) is 34.6 Å². The fraction of sp³-hybridized carbons (Fsp3) is 0.286. The molecule has 1 unspecified atom stereocenters. The first-order valence-electron chi connectivity index (χ1n) is 6.43.